The van der Waals surface area contributed by atoms with Crippen LogP contribution in [0.4, 0.5) is 11.4 Å². The van der Waals surface area contributed by atoms with Crippen LogP contribution in [0.3, 0.4) is 0 Å². The van der Waals surface area contributed by atoms with Crippen molar-refractivity contribution in [3.05, 3.63) is 23.8 Å². The maximum Gasteiger partial charge on any atom is 0.251 e. The molecule has 0 aliphatic carbocycles. The molecule has 4 N–H and O–H groups in total. The van der Waals surface area contributed by atoms with Gasteiger partial charge >= 0.3 is 0 Å². The van der Waals surface area contributed by atoms with Gasteiger partial charge in [-0.2, -0.15) is 0 Å². The Morgan fingerprint density at radius 2 is 2.00 bits per heavy atom. The number of carbonyl (C=O) groups excluding carboxylic acids is 1. The minimum absolute atomic E-state index is 0.0679. The number of nitrogens with two attached hydrogens (primary N) is 1. The molecule has 5 nitrogen and oxygen atoms in total. The van der Waals surface area contributed by atoms with Gasteiger partial charge < -0.3 is 21.3 Å². The summed E-state index contributed by atoms with van der Waals surface area (Å²) in [5.74, 6) is -0.0679. The Morgan fingerprint density at radius 3 is 2.62 bits per heavy atom. The molecule has 0 radical (unpaired) electrons. The lowest BCUT2D eigenvalue weighted by molar-refractivity contribution is 0.0956. The summed E-state index contributed by atoms with van der Waals surface area (Å²) >= 11 is 0. The Kier molecular flexibility index (Phi) is 7.61. The zero-order valence-corrected chi connectivity index (χ0v) is 13.4. The lowest BCUT2D eigenvalue weighted by Crippen LogP contribution is -2.29. The highest BCUT2D eigenvalue weighted by molar-refractivity contribution is 5.96. The second-order valence-corrected chi connectivity index (χ2v) is 5.02. The van der Waals surface area contributed by atoms with Gasteiger partial charge in [-0.25, -0.2) is 0 Å². The van der Waals surface area contributed by atoms with Gasteiger partial charge in [-0.1, -0.05) is 13.8 Å². The van der Waals surface area contributed by atoms with Gasteiger partial charge in [-0.15, -0.1) is 0 Å². The predicted molar refractivity (Wildman–Crippen MR) is 89.8 cm³/mol. The smallest absolute Gasteiger partial charge is 0.251 e. The fourth-order valence-electron chi connectivity index (χ4n) is 2.21. The van der Waals surface area contributed by atoms with Crippen molar-refractivity contribution >= 4 is 17.3 Å². The van der Waals surface area contributed by atoms with Crippen molar-refractivity contribution in [1.82, 2.24) is 10.2 Å². The van der Waals surface area contributed by atoms with Crippen LogP contribution in [0.25, 0.3) is 0 Å². The quantitative estimate of drug-likeness (QED) is 0.610. The summed E-state index contributed by atoms with van der Waals surface area (Å²) in [5, 5.41) is 6.12. The van der Waals surface area contributed by atoms with E-state index in [2.05, 4.69) is 29.4 Å². The molecule has 118 valence electrons. The highest BCUT2D eigenvalue weighted by Gasteiger charge is 2.08. The summed E-state index contributed by atoms with van der Waals surface area (Å²) in [6.45, 7) is 10.8. The number of hydrogen-bond donors (Lipinski definition) is 3. The molecule has 21 heavy (non-hydrogen) atoms. The third-order valence-corrected chi connectivity index (χ3v) is 3.38. The molecule has 0 spiro atoms. The average Bonchev–Trinajstić information content (AvgIpc) is 2.48. The van der Waals surface area contributed by atoms with Gasteiger partial charge in [0.25, 0.3) is 5.91 Å². The van der Waals surface area contributed by atoms with E-state index < -0.39 is 0 Å². The van der Waals surface area contributed by atoms with E-state index in [-0.39, 0.29) is 5.91 Å². The first-order valence-corrected chi connectivity index (χ1v) is 7.76. The number of likely N-dealkylation sites (N-methyl/N-ethyl adjacent to an activating group) is 1. The molecule has 0 aliphatic heterocycles. The molecule has 1 aromatic carbocycles. The van der Waals surface area contributed by atoms with Crippen LogP contribution in [0.1, 0.15) is 37.6 Å². The van der Waals surface area contributed by atoms with E-state index in [0.717, 1.165) is 38.3 Å². The molecule has 0 saturated heterocycles. The van der Waals surface area contributed by atoms with Gasteiger partial charge in [0.2, 0.25) is 0 Å². The molecule has 5 heteroatoms. The number of anilines is 2. The molecule has 0 unspecified atom stereocenters. The second-order valence-electron chi connectivity index (χ2n) is 5.02. The topological polar surface area (TPSA) is 70.4 Å². The molecule has 0 atom stereocenters. The molecule has 0 fully saturated rings. The van der Waals surface area contributed by atoms with Gasteiger partial charge in [0.15, 0.2) is 0 Å². The summed E-state index contributed by atoms with van der Waals surface area (Å²) < 4.78 is 0. The van der Waals surface area contributed by atoms with Crippen LogP contribution in [0.15, 0.2) is 18.2 Å². The Hall–Kier alpha value is -1.75. The summed E-state index contributed by atoms with van der Waals surface area (Å²) in [7, 11) is 0. The molecule has 0 heterocycles. The van der Waals surface area contributed by atoms with E-state index in [9.17, 15) is 4.79 Å². The number of nitrogen functional groups attached to an aromatic ring is 1. The van der Waals surface area contributed by atoms with Crippen molar-refractivity contribution in [2.45, 2.75) is 27.2 Å². The Labute approximate surface area is 127 Å². The Bertz CT molecular complexity index is 448. The summed E-state index contributed by atoms with van der Waals surface area (Å²) in [6, 6.07) is 5.34. The first kappa shape index (κ1) is 17.3. The van der Waals surface area contributed by atoms with Crippen molar-refractivity contribution in [3.63, 3.8) is 0 Å². The van der Waals surface area contributed by atoms with Crippen molar-refractivity contribution in [2.24, 2.45) is 0 Å². The minimum atomic E-state index is -0.0679. The zero-order valence-electron chi connectivity index (χ0n) is 13.4. The molecule has 0 saturated carbocycles. The van der Waals surface area contributed by atoms with Gasteiger partial charge in [-0.05, 0) is 44.6 Å². The molecule has 1 amide bonds. The standard InChI is InChI=1S/C16H28N4O/c1-4-10-20(6-3)11-9-19-15-12-13(7-8-14(15)17)16(21)18-5-2/h7-8,12,19H,4-6,9-11,17H2,1-3H3,(H,18,21). The van der Waals surface area contributed by atoms with Crippen LogP contribution < -0.4 is 16.4 Å². The van der Waals surface area contributed by atoms with Gasteiger partial charge in [0, 0.05) is 25.2 Å². The number of amides is 1. The molecule has 0 bridgehead atoms. The maximum absolute atomic E-state index is 11.8. The van der Waals surface area contributed by atoms with Gasteiger partial charge in [-0.3, -0.25) is 4.79 Å². The van der Waals surface area contributed by atoms with Crippen molar-refractivity contribution in [2.75, 3.05) is 43.8 Å². The lowest BCUT2D eigenvalue weighted by Gasteiger charge is -2.20. The fourth-order valence-corrected chi connectivity index (χ4v) is 2.21. The number of rotatable bonds is 9. The van der Waals surface area contributed by atoms with E-state index in [1.807, 2.05) is 13.0 Å². The zero-order chi connectivity index (χ0) is 15.7. The van der Waals surface area contributed by atoms with Gasteiger partial charge in [0.05, 0.1) is 11.4 Å². The van der Waals surface area contributed by atoms with Crippen LogP contribution in [0.5, 0.6) is 0 Å². The summed E-state index contributed by atoms with van der Waals surface area (Å²) in [4.78, 5) is 14.2. The SMILES string of the molecule is CCCN(CC)CCNc1cc(C(=O)NCC)ccc1N. The third-order valence-electron chi connectivity index (χ3n) is 3.38. The largest absolute Gasteiger partial charge is 0.397 e. The molecule has 1 rings (SSSR count). The van der Waals surface area contributed by atoms with E-state index >= 15 is 0 Å². The molecule has 1 aromatic rings. The van der Waals surface area contributed by atoms with E-state index in [4.69, 9.17) is 5.73 Å². The van der Waals surface area contributed by atoms with Crippen LogP contribution in [-0.2, 0) is 0 Å². The van der Waals surface area contributed by atoms with Crippen molar-refractivity contribution < 1.29 is 4.79 Å². The van der Waals surface area contributed by atoms with Crippen LogP contribution in [0, 0.1) is 0 Å². The Balaban J connectivity index is 2.61. The van der Waals surface area contributed by atoms with E-state index in [1.54, 1.807) is 12.1 Å². The third kappa shape index (κ3) is 5.63. The lowest BCUT2D eigenvalue weighted by atomic mass is 10.1. The summed E-state index contributed by atoms with van der Waals surface area (Å²) in [5.41, 5.74) is 8.09. The highest BCUT2D eigenvalue weighted by Crippen LogP contribution is 2.19. The van der Waals surface area contributed by atoms with E-state index in [0.29, 0.717) is 17.8 Å². The average molecular weight is 292 g/mol. The van der Waals surface area contributed by atoms with Crippen LogP contribution in [-0.4, -0.2) is 43.5 Å². The van der Waals surface area contributed by atoms with Crippen molar-refractivity contribution in [1.29, 1.82) is 0 Å². The number of benzene rings is 1. The molecule has 0 aromatic heterocycles. The number of carbonyl (C=O) groups is 1. The maximum atomic E-state index is 11.8. The first-order valence-electron chi connectivity index (χ1n) is 7.76. The van der Waals surface area contributed by atoms with Crippen molar-refractivity contribution in [3.8, 4) is 0 Å². The monoisotopic (exact) mass is 292 g/mol. The number of nitrogens with one attached hydrogen (secondary N) is 2. The number of hydrogen-bond acceptors (Lipinski definition) is 4. The number of nitrogens with zero attached hydrogens (tertiary/aromatic N) is 1. The highest BCUT2D eigenvalue weighted by atomic mass is 16.1. The van der Waals surface area contributed by atoms with Crippen LogP contribution in [0.2, 0.25) is 0 Å². The minimum Gasteiger partial charge on any atom is -0.397 e. The Morgan fingerprint density at radius 1 is 1.24 bits per heavy atom. The normalized spacial score (nSPS) is 10.7. The first-order chi connectivity index (χ1) is 10.1. The molecular weight excluding hydrogens is 264 g/mol. The second kappa shape index (κ2) is 9.23. The van der Waals surface area contributed by atoms with Gasteiger partial charge in [0.1, 0.15) is 0 Å². The summed E-state index contributed by atoms with van der Waals surface area (Å²) in [6.07, 6.45) is 1.16. The van der Waals surface area contributed by atoms with E-state index in [1.165, 1.54) is 0 Å². The molecule has 0 aliphatic rings. The molecular formula is C16H28N4O. The van der Waals surface area contributed by atoms with Crippen LogP contribution >= 0.6 is 0 Å². The predicted octanol–water partition coefficient (Wildman–Crippen LogP) is 2.16. The fraction of sp³-hybridized carbons (Fsp3) is 0.562.